The molecule has 3 aromatic carbocycles. The van der Waals surface area contributed by atoms with E-state index in [1.165, 1.54) is 38.6 Å². The van der Waals surface area contributed by atoms with Crippen LogP contribution in [0.5, 0.6) is 11.5 Å². The van der Waals surface area contributed by atoms with Gasteiger partial charge in [0.15, 0.2) is 5.75 Å². The third-order valence-electron chi connectivity index (χ3n) is 5.95. The smallest absolute Gasteiger partial charge is 0.154 e. The molecule has 1 aliphatic carbocycles. The number of benzene rings is 3. The van der Waals surface area contributed by atoms with Gasteiger partial charge in [-0.25, -0.2) is 0 Å². The van der Waals surface area contributed by atoms with E-state index in [4.69, 9.17) is 4.74 Å². The summed E-state index contributed by atoms with van der Waals surface area (Å²) in [5, 5.41) is 2.35. The average molecular weight is 335 g/mol. The van der Waals surface area contributed by atoms with Crippen molar-refractivity contribution >= 4 is 10.8 Å². The van der Waals surface area contributed by atoms with E-state index in [0.29, 0.717) is 0 Å². The van der Waals surface area contributed by atoms with Crippen LogP contribution in [0.1, 0.15) is 25.0 Å². The fourth-order valence-corrected chi connectivity index (χ4v) is 4.70. The molecular formula is C24H17NO. The molecule has 0 amide bonds. The van der Waals surface area contributed by atoms with Gasteiger partial charge in [0.2, 0.25) is 0 Å². The molecule has 6 rings (SSSR count). The average Bonchev–Trinajstić information content (AvgIpc) is 2.90. The van der Waals surface area contributed by atoms with Gasteiger partial charge < -0.3 is 4.74 Å². The molecule has 1 aliphatic heterocycles. The van der Waals surface area contributed by atoms with Crippen molar-refractivity contribution in [1.29, 1.82) is 0 Å². The number of hydrogen-bond acceptors (Lipinski definition) is 2. The first kappa shape index (κ1) is 14.1. The minimum absolute atomic E-state index is 0.0279. The number of hydrogen-bond donors (Lipinski definition) is 0. The molecule has 1 aromatic heterocycles. The second-order valence-corrected chi connectivity index (χ2v) is 7.68. The molecule has 0 bridgehead atoms. The first-order chi connectivity index (χ1) is 12.7. The molecule has 0 unspecified atom stereocenters. The van der Waals surface area contributed by atoms with Crippen molar-refractivity contribution in [3.05, 3.63) is 78.1 Å². The van der Waals surface area contributed by atoms with E-state index in [1.54, 1.807) is 0 Å². The van der Waals surface area contributed by atoms with Crippen LogP contribution in [0.2, 0.25) is 0 Å². The van der Waals surface area contributed by atoms with Crippen molar-refractivity contribution in [2.75, 3.05) is 0 Å². The Bertz CT molecular complexity index is 1240. The summed E-state index contributed by atoms with van der Waals surface area (Å²) in [6.07, 6.45) is 3.83. The van der Waals surface area contributed by atoms with Crippen molar-refractivity contribution in [2.45, 2.75) is 19.3 Å². The molecule has 2 heteroatoms. The normalized spacial score (nSPS) is 15.2. The topological polar surface area (TPSA) is 22.1 Å². The lowest BCUT2D eigenvalue weighted by Gasteiger charge is -2.26. The van der Waals surface area contributed by atoms with Gasteiger partial charge in [-0.3, -0.25) is 4.98 Å². The minimum Gasteiger partial charge on any atom is -0.454 e. The number of pyridine rings is 1. The molecule has 4 aromatic rings. The number of fused-ring (bicyclic) bond motifs is 6. The fraction of sp³-hybridized carbons (Fsp3) is 0.125. The molecule has 124 valence electrons. The lowest BCUT2D eigenvalue weighted by molar-refractivity contribution is 0.484. The zero-order chi connectivity index (χ0) is 17.5. The molecule has 26 heavy (non-hydrogen) atoms. The van der Waals surface area contributed by atoms with Gasteiger partial charge in [-0.05, 0) is 39.9 Å². The minimum atomic E-state index is -0.0279. The highest BCUT2D eigenvalue weighted by atomic mass is 16.5. The number of para-hydroxylation sites is 1. The summed E-state index contributed by atoms with van der Waals surface area (Å²) in [5.74, 6) is 1.75. The van der Waals surface area contributed by atoms with Crippen molar-refractivity contribution in [1.82, 2.24) is 4.98 Å². The summed E-state index contributed by atoms with van der Waals surface area (Å²) < 4.78 is 6.19. The van der Waals surface area contributed by atoms with Gasteiger partial charge in [-0.15, -0.1) is 0 Å². The lowest BCUT2D eigenvalue weighted by atomic mass is 9.80. The van der Waals surface area contributed by atoms with Gasteiger partial charge in [0, 0.05) is 27.9 Å². The highest BCUT2D eigenvalue weighted by Crippen LogP contribution is 2.56. The van der Waals surface area contributed by atoms with Gasteiger partial charge in [0.1, 0.15) is 5.75 Å². The molecule has 0 fully saturated rings. The van der Waals surface area contributed by atoms with Crippen LogP contribution in [0.3, 0.4) is 0 Å². The van der Waals surface area contributed by atoms with Crippen LogP contribution in [0.25, 0.3) is 33.0 Å². The second-order valence-electron chi connectivity index (χ2n) is 7.68. The van der Waals surface area contributed by atoms with Crippen molar-refractivity contribution in [3.63, 3.8) is 0 Å². The Morgan fingerprint density at radius 2 is 1.54 bits per heavy atom. The van der Waals surface area contributed by atoms with Crippen LogP contribution in [0, 0.1) is 0 Å². The van der Waals surface area contributed by atoms with Crippen LogP contribution in [-0.4, -0.2) is 4.98 Å². The summed E-state index contributed by atoms with van der Waals surface area (Å²) in [6, 6.07) is 19.4. The first-order valence-corrected chi connectivity index (χ1v) is 8.98. The predicted octanol–water partition coefficient (Wildman–Crippen LogP) is 6.31. The molecule has 2 heterocycles. The maximum Gasteiger partial charge on any atom is 0.154 e. The lowest BCUT2D eigenvalue weighted by Crippen LogP contribution is -2.15. The van der Waals surface area contributed by atoms with Crippen LogP contribution >= 0.6 is 0 Å². The van der Waals surface area contributed by atoms with E-state index in [2.05, 4.69) is 61.3 Å². The molecule has 2 nitrogen and oxygen atoms in total. The predicted molar refractivity (Wildman–Crippen MR) is 105 cm³/mol. The molecule has 0 saturated carbocycles. The Morgan fingerprint density at radius 1 is 0.769 bits per heavy atom. The van der Waals surface area contributed by atoms with Crippen LogP contribution in [0.4, 0.5) is 0 Å². The van der Waals surface area contributed by atoms with E-state index in [9.17, 15) is 0 Å². The third kappa shape index (κ3) is 1.55. The second kappa shape index (κ2) is 4.53. The van der Waals surface area contributed by atoms with Crippen molar-refractivity contribution in [2.24, 2.45) is 0 Å². The molecule has 2 aliphatic rings. The van der Waals surface area contributed by atoms with Crippen LogP contribution in [-0.2, 0) is 5.41 Å². The Kier molecular flexibility index (Phi) is 2.45. The summed E-state index contributed by atoms with van der Waals surface area (Å²) in [7, 11) is 0. The number of ether oxygens (including phenoxy) is 1. The largest absolute Gasteiger partial charge is 0.454 e. The standard InChI is InChI=1S/C24H17NO/c1-24(2)18-9-5-3-8-15(18)22-17-12-25-13-21-23(17)16(11-19(22)24)14-7-4-6-10-20(14)26-21/h3-13H,1-2H3. The van der Waals surface area contributed by atoms with Crippen LogP contribution in [0.15, 0.2) is 67.0 Å². The van der Waals surface area contributed by atoms with Gasteiger partial charge in [0.05, 0.1) is 6.20 Å². The first-order valence-electron chi connectivity index (χ1n) is 8.98. The molecule has 0 radical (unpaired) electrons. The summed E-state index contributed by atoms with van der Waals surface area (Å²) in [5.41, 5.74) is 7.76. The number of aromatic nitrogens is 1. The number of rotatable bonds is 0. The molecular weight excluding hydrogens is 318 g/mol. The molecule has 0 atom stereocenters. The zero-order valence-electron chi connectivity index (χ0n) is 14.7. The van der Waals surface area contributed by atoms with Crippen molar-refractivity contribution in [3.8, 4) is 33.8 Å². The maximum absolute atomic E-state index is 6.19. The quantitative estimate of drug-likeness (QED) is 0.331. The molecule has 0 saturated heterocycles. The SMILES string of the molecule is CC1(C)c2ccccc2-c2c1cc1c3c(cncc23)Oc2ccccc2-1. The van der Waals surface area contributed by atoms with Crippen LogP contribution < -0.4 is 4.74 Å². The van der Waals surface area contributed by atoms with Gasteiger partial charge in [0.25, 0.3) is 0 Å². The van der Waals surface area contributed by atoms with E-state index in [0.717, 1.165) is 17.1 Å². The monoisotopic (exact) mass is 335 g/mol. The number of nitrogens with zero attached hydrogens (tertiary/aromatic N) is 1. The molecule has 0 N–H and O–H groups in total. The molecule has 0 spiro atoms. The Morgan fingerprint density at radius 3 is 2.42 bits per heavy atom. The van der Waals surface area contributed by atoms with E-state index >= 15 is 0 Å². The highest BCUT2D eigenvalue weighted by Gasteiger charge is 2.38. The Labute approximate surface area is 152 Å². The third-order valence-corrected chi connectivity index (χ3v) is 5.95. The van der Waals surface area contributed by atoms with Gasteiger partial charge in [-0.2, -0.15) is 0 Å². The van der Waals surface area contributed by atoms with E-state index < -0.39 is 0 Å². The van der Waals surface area contributed by atoms with Gasteiger partial charge in [-0.1, -0.05) is 56.3 Å². The van der Waals surface area contributed by atoms with E-state index in [-0.39, 0.29) is 5.41 Å². The summed E-state index contributed by atoms with van der Waals surface area (Å²) in [6.45, 7) is 4.64. The van der Waals surface area contributed by atoms with Gasteiger partial charge >= 0.3 is 0 Å². The fourth-order valence-electron chi connectivity index (χ4n) is 4.70. The van der Waals surface area contributed by atoms with Crippen molar-refractivity contribution < 1.29 is 4.74 Å². The zero-order valence-corrected chi connectivity index (χ0v) is 14.7. The Hall–Kier alpha value is -3.13. The summed E-state index contributed by atoms with van der Waals surface area (Å²) >= 11 is 0. The van der Waals surface area contributed by atoms with E-state index in [1.807, 2.05) is 24.5 Å². The highest BCUT2D eigenvalue weighted by molar-refractivity contribution is 6.12. The maximum atomic E-state index is 6.19. The Balaban J connectivity index is 1.84. The summed E-state index contributed by atoms with van der Waals surface area (Å²) in [4.78, 5) is 4.50.